The molecule has 2 heteroatoms. The van der Waals surface area contributed by atoms with Gasteiger partial charge in [0.25, 0.3) is 0 Å². The van der Waals surface area contributed by atoms with E-state index in [-0.39, 0.29) is 0 Å². The normalized spacial score (nSPS) is 28.0. The molecule has 0 heterocycles. The third kappa shape index (κ3) is 5.53. The van der Waals surface area contributed by atoms with Crippen LogP contribution in [0.2, 0.25) is 0 Å². The lowest BCUT2D eigenvalue weighted by Gasteiger charge is -2.28. The van der Waals surface area contributed by atoms with Gasteiger partial charge in [0.2, 0.25) is 0 Å². The lowest BCUT2D eigenvalue weighted by Crippen LogP contribution is -2.24. The molecule has 1 aliphatic rings. The fourth-order valence-electron chi connectivity index (χ4n) is 2.01. The largest absolute Gasteiger partial charge is 0.396 e. The molecule has 1 saturated carbocycles. The van der Waals surface area contributed by atoms with Crippen LogP contribution < -0.4 is 0 Å². The Balaban J connectivity index is 2.09. The maximum absolute atomic E-state index is 9.02. The average molecular weight is 214 g/mol. The second-order valence-corrected chi connectivity index (χ2v) is 6.01. The maximum atomic E-state index is 9.02. The van der Waals surface area contributed by atoms with E-state index in [1.54, 1.807) is 0 Å². The van der Waals surface area contributed by atoms with Crippen molar-refractivity contribution >= 4 is 0 Å². The van der Waals surface area contributed by atoms with Crippen molar-refractivity contribution in [3.8, 4) is 0 Å². The first kappa shape index (κ1) is 13.0. The summed E-state index contributed by atoms with van der Waals surface area (Å²) in [7, 11) is 0. The Morgan fingerprint density at radius 1 is 1.13 bits per heavy atom. The molecule has 0 aromatic heterocycles. The van der Waals surface area contributed by atoms with Crippen LogP contribution >= 0.6 is 0 Å². The van der Waals surface area contributed by atoms with Gasteiger partial charge in [-0.25, -0.2) is 0 Å². The van der Waals surface area contributed by atoms with Gasteiger partial charge in [0.15, 0.2) is 0 Å². The number of aliphatic hydroxyl groups is 1. The Kier molecular flexibility index (Phi) is 5.07. The van der Waals surface area contributed by atoms with Crippen molar-refractivity contribution in [1.82, 2.24) is 0 Å². The minimum atomic E-state index is 0.356. The molecule has 0 spiro atoms. The molecule has 0 atom stereocenters. The summed E-state index contributed by atoms with van der Waals surface area (Å²) in [6.07, 6.45) is 6.13. The van der Waals surface area contributed by atoms with Gasteiger partial charge in [0.05, 0.1) is 6.10 Å². The van der Waals surface area contributed by atoms with Gasteiger partial charge in [-0.3, -0.25) is 0 Å². The SMILES string of the molecule is CC(C)(C)CCOC1CCC(CO)CC1. The molecular weight excluding hydrogens is 188 g/mol. The summed E-state index contributed by atoms with van der Waals surface area (Å²) in [4.78, 5) is 0. The molecule has 2 nitrogen and oxygen atoms in total. The molecule has 0 aromatic rings. The van der Waals surface area contributed by atoms with Crippen molar-refractivity contribution in [3.05, 3.63) is 0 Å². The van der Waals surface area contributed by atoms with Crippen LogP contribution in [0.1, 0.15) is 52.9 Å². The second-order valence-electron chi connectivity index (χ2n) is 6.01. The molecule has 1 fully saturated rings. The third-order valence-corrected chi connectivity index (χ3v) is 3.26. The predicted octanol–water partition coefficient (Wildman–Crippen LogP) is 2.99. The quantitative estimate of drug-likeness (QED) is 0.779. The smallest absolute Gasteiger partial charge is 0.0575 e. The highest BCUT2D eigenvalue weighted by Crippen LogP contribution is 2.26. The molecule has 90 valence electrons. The zero-order valence-electron chi connectivity index (χ0n) is 10.5. The molecule has 0 unspecified atom stereocenters. The summed E-state index contributed by atoms with van der Waals surface area (Å²) in [5.74, 6) is 0.535. The highest BCUT2D eigenvalue weighted by molar-refractivity contribution is 4.72. The first-order valence-electron chi connectivity index (χ1n) is 6.24. The molecule has 0 bridgehead atoms. The van der Waals surface area contributed by atoms with E-state index in [1.165, 1.54) is 0 Å². The highest BCUT2D eigenvalue weighted by Gasteiger charge is 2.21. The summed E-state index contributed by atoms with van der Waals surface area (Å²) in [6.45, 7) is 7.99. The molecule has 1 rings (SSSR count). The van der Waals surface area contributed by atoms with Crippen molar-refractivity contribution < 1.29 is 9.84 Å². The van der Waals surface area contributed by atoms with Crippen molar-refractivity contribution in [2.24, 2.45) is 11.3 Å². The fraction of sp³-hybridized carbons (Fsp3) is 1.00. The monoisotopic (exact) mass is 214 g/mol. The van der Waals surface area contributed by atoms with Crippen molar-refractivity contribution in [2.75, 3.05) is 13.2 Å². The van der Waals surface area contributed by atoms with Gasteiger partial charge in [0, 0.05) is 13.2 Å². The molecule has 0 amide bonds. The van der Waals surface area contributed by atoms with E-state index in [4.69, 9.17) is 9.84 Å². The Hall–Kier alpha value is -0.0800. The Morgan fingerprint density at radius 2 is 1.73 bits per heavy atom. The van der Waals surface area contributed by atoms with Gasteiger partial charge < -0.3 is 9.84 Å². The van der Waals surface area contributed by atoms with Crippen LogP contribution in [0.4, 0.5) is 0 Å². The topological polar surface area (TPSA) is 29.5 Å². The first-order valence-corrected chi connectivity index (χ1v) is 6.24. The zero-order chi connectivity index (χ0) is 11.3. The van der Waals surface area contributed by atoms with Crippen LogP contribution in [0.3, 0.4) is 0 Å². The number of ether oxygens (including phenoxy) is 1. The standard InChI is InChI=1S/C13H26O2/c1-13(2,3)8-9-15-12-6-4-11(10-14)5-7-12/h11-12,14H,4-10H2,1-3H3. The molecule has 1 N–H and O–H groups in total. The summed E-state index contributed by atoms with van der Waals surface area (Å²) < 4.78 is 5.87. The number of hydrogen-bond acceptors (Lipinski definition) is 2. The van der Waals surface area contributed by atoms with E-state index in [0.29, 0.717) is 24.0 Å². The van der Waals surface area contributed by atoms with Gasteiger partial charge in [-0.05, 0) is 43.4 Å². The predicted molar refractivity (Wildman–Crippen MR) is 62.9 cm³/mol. The molecule has 0 radical (unpaired) electrons. The molecule has 0 saturated heterocycles. The lowest BCUT2D eigenvalue weighted by molar-refractivity contribution is 0.00124. The van der Waals surface area contributed by atoms with Crippen LogP contribution in [-0.2, 0) is 4.74 Å². The third-order valence-electron chi connectivity index (χ3n) is 3.26. The van der Waals surface area contributed by atoms with Crippen molar-refractivity contribution in [1.29, 1.82) is 0 Å². The Labute approximate surface area is 94.0 Å². The number of hydrogen-bond donors (Lipinski definition) is 1. The van der Waals surface area contributed by atoms with E-state index in [2.05, 4.69) is 20.8 Å². The first-order chi connectivity index (χ1) is 7.01. The van der Waals surface area contributed by atoms with E-state index in [9.17, 15) is 0 Å². The molecule has 15 heavy (non-hydrogen) atoms. The van der Waals surface area contributed by atoms with Crippen LogP contribution in [0.15, 0.2) is 0 Å². The van der Waals surface area contributed by atoms with Gasteiger partial charge in [-0.15, -0.1) is 0 Å². The summed E-state index contributed by atoms with van der Waals surface area (Å²) in [5, 5.41) is 9.02. The van der Waals surface area contributed by atoms with E-state index in [0.717, 1.165) is 38.7 Å². The minimum Gasteiger partial charge on any atom is -0.396 e. The van der Waals surface area contributed by atoms with Gasteiger partial charge >= 0.3 is 0 Å². The van der Waals surface area contributed by atoms with Crippen LogP contribution in [0, 0.1) is 11.3 Å². The average Bonchev–Trinajstić information content (AvgIpc) is 2.17. The van der Waals surface area contributed by atoms with Crippen molar-refractivity contribution in [3.63, 3.8) is 0 Å². The number of rotatable bonds is 4. The van der Waals surface area contributed by atoms with E-state index < -0.39 is 0 Å². The van der Waals surface area contributed by atoms with E-state index >= 15 is 0 Å². The molecular formula is C13H26O2. The van der Waals surface area contributed by atoms with Crippen LogP contribution in [0.5, 0.6) is 0 Å². The highest BCUT2D eigenvalue weighted by atomic mass is 16.5. The second kappa shape index (κ2) is 5.86. The maximum Gasteiger partial charge on any atom is 0.0575 e. The minimum absolute atomic E-state index is 0.356. The molecule has 0 aromatic carbocycles. The van der Waals surface area contributed by atoms with Gasteiger partial charge in [-0.2, -0.15) is 0 Å². The zero-order valence-corrected chi connectivity index (χ0v) is 10.5. The summed E-state index contributed by atoms with van der Waals surface area (Å²) >= 11 is 0. The Bertz CT molecular complexity index is 164. The summed E-state index contributed by atoms with van der Waals surface area (Å²) in [6, 6.07) is 0. The van der Waals surface area contributed by atoms with Crippen molar-refractivity contribution in [2.45, 2.75) is 59.0 Å². The van der Waals surface area contributed by atoms with Gasteiger partial charge in [-0.1, -0.05) is 20.8 Å². The lowest BCUT2D eigenvalue weighted by atomic mass is 9.88. The van der Waals surface area contributed by atoms with Crippen LogP contribution in [0.25, 0.3) is 0 Å². The van der Waals surface area contributed by atoms with E-state index in [1.807, 2.05) is 0 Å². The van der Waals surface area contributed by atoms with Gasteiger partial charge in [0.1, 0.15) is 0 Å². The molecule has 0 aliphatic heterocycles. The summed E-state index contributed by atoms with van der Waals surface area (Å²) in [5.41, 5.74) is 0.377. The number of aliphatic hydroxyl groups excluding tert-OH is 1. The Morgan fingerprint density at radius 3 is 2.20 bits per heavy atom. The fourth-order valence-corrected chi connectivity index (χ4v) is 2.01. The molecule has 1 aliphatic carbocycles. The van der Waals surface area contributed by atoms with Crippen LogP contribution in [-0.4, -0.2) is 24.4 Å².